The maximum Gasteiger partial charge on any atom is 0.222 e. The summed E-state index contributed by atoms with van der Waals surface area (Å²) in [6.45, 7) is 5.94. The monoisotopic (exact) mass is 392 g/mol. The molecule has 0 aromatic heterocycles. The number of aliphatic imine (C=N–C) groups is 1. The number of amides is 1. The van der Waals surface area contributed by atoms with Crippen molar-refractivity contribution in [2.45, 2.75) is 45.7 Å². The second-order valence-electron chi connectivity index (χ2n) is 7.40. The molecule has 154 valence electrons. The van der Waals surface area contributed by atoms with E-state index in [0.29, 0.717) is 19.5 Å². The number of carbonyl (C=O) groups excluding carboxylic acids is 1. The van der Waals surface area contributed by atoms with Crippen molar-refractivity contribution in [2.24, 2.45) is 4.99 Å². The van der Waals surface area contributed by atoms with Gasteiger partial charge in [-0.1, -0.05) is 54.6 Å². The van der Waals surface area contributed by atoms with Crippen LogP contribution in [0.3, 0.4) is 0 Å². The van der Waals surface area contributed by atoms with Gasteiger partial charge in [-0.05, 0) is 42.9 Å². The van der Waals surface area contributed by atoms with Crippen LogP contribution in [-0.4, -0.2) is 36.4 Å². The Kier molecular flexibility index (Phi) is 8.11. The van der Waals surface area contributed by atoms with Crippen LogP contribution in [0.4, 0.5) is 0 Å². The summed E-state index contributed by atoms with van der Waals surface area (Å²) in [5.74, 6) is 1.10. The number of nitrogens with one attached hydrogen (secondary N) is 2. The Morgan fingerprint density at radius 1 is 1.03 bits per heavy atom. The molecule has 1 amide bonds. The first-order chi connectivity index (χ1) is 14.3. The Morgan fingerprint density at radius 3 is 2.52 bits per heavy atom. The maximum absolute atomic E-state index is 12.0. The zero-order valence-electron chi connectivity index (χ0n) is 17.4. The molecule has 0 atom stereocenters. The zero-order chi connectivity index (χ0) is 20.3. The molecule has 0 aliphatic carbocycles. The average molecular weight is 393 g/mol. The lowest BCUT2D eigenvalue weighted by atomic mass is 10.1. The molecule has 2 N–H and O–H groups in total. The topological polar surface area (TPSA) is 56.7 Å². The summed E-state index contributed by atoms with van der Waals surface area (Å²) in [7, 11) is 0. The van der Waals surface area contributed by atoms with Gasteiger partial charge in [-0.3, -0.25) is 4.79 Å². The lowest BCUT2D eigenvalue weighted by molar-refractivity contribution is -0.128. The van der Waals surface area contributed by atoms with Gasteiger partial charge in [0.2, 0.25) is 5.91 Å². The number of benzene rings is 2. The first-order valence-corrected chi connectivity index (χ1v) is 10.7. The van der Waals surface area contributed by atoms with E-state index < -0.39 is 0 Å². The second kappa shape index (κ2) is 11.2. The Hall–Kier alpha value is -2.82. The van der Waals surface area contributed by atoms with Gasteiger partial charge in [0.15, 0.2) is 5.96 Å². The lowest BCUT2D eigenvalue weighted by Crippen LogP contribution is -2.37. The van der Waals surface area contributed by atoms with Gasteiger partial charge in [-0.15, -0.1) is 0 Å². The second-order valence-corrected chi connectivity index (χ2v) is 7.40. The van der Waals surface area contributed by atoms with Gasteiger partial charge < -0.3 is 15.5 Å². The van der Waals surface area contributed by atoms with Crippen molar-refractivity contribution in [3.63, 3.8) is 0 Å². The van der Waals surface area contributed by atoms with Crippen LogP contribution in [0.2, 0.25) is 0 Å². The summed E-state index contributed by atoms with van der Waals surface area (Å²) in [4.78, 5) is 18.7. The number of hydrogen-bond donors (Lipinski definition) is 2. The van der Waals surface area contributed by atoms with Crippen molar-refractivity contribution in [1.82, 2.24) is 15.5 Å². The van der Waals surface area contributed by atoms with Crippen LogP contribution < -0.4 is 10.6 Å². The number of hydrogen-bond acceptors (Lipinski definition) is 2. The first-order valence-electron chi connectivity index (χ1n) is 10.7. The fraction of sp³-hybridized carbons (Fsp3) is 0.417. The summed E-state index contributed by atoms with van der Waals surface area (Å²) in [5, 5.41) is 6.76. The van der Waals surface area contributed by atoms with Crippen molar-refractivity contribution in [3.8, 4) is 0 Å². The van der Waals surface area contributed by atoms with Crippen LogP contribution in [0.1, 0.15) is 42.9 Å². The predicted molar refractivity (Wildman–Crippen MR) is 119 cm³/mol. The fourth-order valence-electron chi connectivity index (χ4n) is 3.59. The Bertz CT molecular complexity index is 804. The molecule has 3 rings (SSSR count). The minimum Gasteiger partial charge on any atom is -0.357 e. The van der Waals surface area contributed by atoms with Crippen molar-refractivity contribution >= 4 is 11.9 Å². The van der Waals surface area contributed by atoms with E-state index >= 15 is 0 Å². The minimum absolute atomic E-state index is 0.261. The molecule has 0 saturated carbocycles. The largest absolute Gasteiger partial charge is 0.357 e. The third-order valence-electron chi connectivity index (χ3n) is 5.18. The van der Waals surface area contributed by atoms with Crippen LogP contribution in [0, 0.1) is 0 Å². The van der Waals surface area contributed by atoms with Gasteiger partial charge in [0.1, 0.15) is 0 Å². The molecular weight excluding hydrogens is 360 g/mol. The van der Waals surface area contributed by atoms with Gasteiger partial charge in [0.25, 0.3) is 0 Å². The van der Waals surface area contributed by atoms with E-state index in [1.165, 1.54) is 16.7 Å². The van der Waals surface area contributed by atoms with Gasteiger partial charge in [0, 0.05) is 32.6 Å². The average Bonchev–Trinajstić information content (AvgIpc) is 3.15. The van der Waals surface area contributed by atoms with Crippen molar-refractivity contribution in [2.75, 3.05) is 19.6 Å². The standard InChI is InChI=1S/C24H32N4O/c1-2-25-24(26-16-8-12-20-10-4-3-5-11-20)27-18-21-13-6-7-14-22(21)19-28-17-9-15-23(28)29/h3-7,10-11,13-14H,2,8-9,12,15-19H2,1H3,(H2,25,26,27). The van der Waals surface area contributed by atoms with Crippen LogP contribution >= 0.6 is 0 Å². The molecule has 5 nitrogen and oxygen atoms in total. The molecule has 1 heterocycles. The van der Waals surface area contributed by atoms with Crippen molar-refractivity contribution in [3.05, 3.63) is 71.3 Å². The van der Waals surface area contributed by atoms with E-state index in [2.05, 4.69) is 60.0 Å². The summed E-state index contributed by atoms with van der Waals surface area (Å²) in [6.07, 6.45) is 3.76. The number of nitrogens with zero attached hydrogens (tertiary/aromatic N) is 2. The minimum atomic E-state index is 0.261. The Labute approximate surface area is 174 Å². The van der Waals surface area contributed by atoms with Crippen molar-refractivity contribution < 1.29 is 4.79 Å². The van der Waals surface area contributed by atoms with Crippen LogP contribution in [0.25, 0.3) is 0 Å². The van der Waals surface area contributed by atoms with Gasteiger partial charge >= 0.3 is 0 Å². The summed E-state index contributed by atoms with van der Waals surface area (Å²) in [5.41, 5.74) is 3.72. The highest BCUT2D eigenvalue weighted by Gasteiger charge is 2.20. The third-order valence-corrected chi connectivity index (χ3v) is 5.18. The normalized spacial score (nSPS) is 14.3. The van der Waals surface area contributed by atoms with E-state index in [1.807, 2.05) is 17.0 Å². The molecule has 29 heavy (non-hydrogen) atoms. The van der Waals surface area contributed by atoms with Gasteiger partial charge in [-0.25, -0.2) is 4.99 Å². The smallest absolute Gasteiger partial charge is 0.222 e. The highest BCUT2D eigenvalue weighted by molar-refractivity contribution is 5.79. The number of likely N-dealkylation sites (tertiary alicyclic amines) is 1. The first kappa shape index (κ1) is 20.9. The maximum atomic E-state index is 12.0. The highest BCUT2D eigenvalue weighted by atomic mass is 16.2. The highest BCUT2D eigenvalue weighted by Crippen LogP contribution is 2.17. The molecule has 1 fully saturated rings. The fourth-order valence-corrected chi connectivity index (χ4v) is 3.59. The van der Waals surface area contributed by atoms with E-state index in [9.17, 15) is 4.79 Å². The van der Waals surface area contributed by atoms with E-state index in [-0.39, 0.29) is 5.91 Å². The number of aryl methyl sites for hydroxylation is 1. The number of guanidine groups is 1. The summed E-state index contributed by atoms with van der Waals surface area (Å²) >= 11 is 0. The van der Waals surface area contributed by atoms with E-state index in [1.54, 1.807) is 0 Å². The molecule has 0 unspecified atom stereocenters. The SMILES string of the molecule is CCNC(=NCc1ccccc1CN1CCCC1=O)NCCCc1ccccc1. The van der Waals surface area contributed by atoms with Crippen LogP contribution in [0.5, 0.6) is 0 Å². The van der Waals surface area contributed by atoms with Crippen LogP contribution in [-0.2, 0) is 24.3 Å². The van der Waals surface area contributed by atoms with Gasteiger partial charge in [-0.2, -0.15) is 0 Å². The molecule has 1 aliphatic rings. The quantitative estimate of drug-likeness (QED) is 0.390. The number of carbonyl (C=O) groups is 1. The molecule has 1 saturated heterocycles. The summed E-state index contributed by atoms with van der Waals surface area (Å²) < 4.78 is 0. The third kappa shape index (κ3) is 6.63. The molecule has 2 aromatic rings. The molecule has 0 bridgehead atoms. The van der Waals surface area contributed by atoms with Crippen LogP contribution in [0.15, 0.2) is 59.6 Å². The van der Waals surface area contributed by atoms with Gasteiger partial charge in [0.05, 0.1) is 6.54 Å². The van der Waals surface area contributed by atoms with E-state index in [4.69, 9.17) is 4.99 Å². The molecule has 5 heteroatoms. The molecule has 0 spiro atoms. The molecule has 2 aromatic carbocycles. The Morgan fingerprint density at radius 2 is 1.79 bits per heavy atom. The molecule has 1 aliphatic heterocycles. The Balaban J connectivity index is 1.54. The summed E-state index contributed by atoms with van der Waals surface area (Å²) in [6, 6.07) is 18.9. The van der Waals surface area contributed by atoms with Crippen molar-refractivity contribution in [1.29, 1.82) is 0 Å². The lowest BCUT2D eigenvalue weighted by Gasteiger charge is -2.18. The van der Waals surface area contributed by atoms with E-state index in [0.717, 1.165) is 44.9 Å². The molecule has 0 radical (unpaired) electrons. The number of rotatable bonds is 9. The molecular formula is C24H32N4O. The predicted octanol–water partition coefficient (Wildman–Crippen LogP) is 3.50. The zero-order valence-corrected chi connectivity index (χ0v) is 17.4.